The summed E-state index contributed by atoms with van der Waals surface area (Å²) in [5.74, 6) is 0.665. The van der Waals surface area contributed by atoms with Crippen LogP contribution >= 0.6 is 15.9 Å². The van der Waals surface area contributed by atoms with Crippen molar-refractivity contribution in [3.63, 3.8) is 0 Å². The average Bonchev–Trinajstić information content (AvgIpc) is 2.98. The van der Waals surface area contributed by atoms with Crippen molar-refractivity contribution < 1.29 is 18.4 Å². The molecule has 5 heteroatoms. The minimum atomic E-state index is -0.179. The number of ketones is 2. The molecule has 0 aliphatic carbocycles. The number of halogens is 1. The predicted molar refractivity (Wildman–Crippen MR) is 63.6 cm³/mol. The Balaban J connectivity index is 2.07. The molecule has 0 amide bonds. The van der Waals surface area contributed by atoms with E-state index in [1.54, 1.807) is 24.3 Å². The van der Waals surface area contributed by atoms with Crippen molar-refractivity contribution in [2.24, 2.45) is 0 Å². The van der Waals surface area contributed by atoms with Gasteiger partial charge in [-0.2, -0.15) is 0 Å². The van der Waals surface area contributed by atoms with Crippen LogP contribution in [0.5, 0.6) is 0 Å². The minimum absolute atomic E-state index is 0.0864. The molecular formula is C12H9BrO4. The lowest BCUT2D eigenvalue weighted by molar-refractivity contribution is 0.0948. The zero-order chi connectivity index (χ0) is 12.3. The van der Waals surface area contributed by atoms with Gasteiger partial charge in [0.15, 0.2) is 11.5 Å². The fourth-order valence-electron chi connectivity index (χ4n) is 1.37. The number of furan rings is 2. The summed E-state index contributed by atoms with van der Waals surface area (Å²) in [6.45, 7) is 0. The van der Waals surface area contributed by atoms with E-state index in [2.05, 4.69) is 15.9 Å². The van der Waals surface area contributed by atoms with Crippen molar-refractivity contribution in [3.8, 4) is 0 Å². The maximum atomic E-state index is 11.7. The third kappa shape index (κ3) is 2.74. The fraction of sp³-hybridized carbons (Fsp3) is 0.167. The molecule has 0 fully saturated rings. The van der Waals surface area contributed by atoms with E-state index >= 15 is 0 Å². The Morgan fingerprint density at radius 2 is 1.94 bits per heavy atom. The van der Waals surface area contributed by atoms with Gasteiger partial charge in [0.2, 0.25) is 11.6 Å². The molecule has 2 aromatic rings. The Labute approximate surface area is 106 Å². The van der Waals surface area contributed by atoms with Gasteiger partial charge in [-0.3, -0.25) is 9.59 Å². The van der Waals surface area contributed by atoms with Crippen molar-refractivity contribution in [1.82, 2.24) is 0 Å². The molecule has 2 heterocycles. The summed E-state index contributed by atoms with van der Waals surface area (Å²) < 4.78 is 10.2. The molecule has 0 saturated heterocycles. The molecule has 0 aromatic carbocycles. The van der Waals surface area contributed by atoms with Crippen molar-refractivity contribution >= 4 is 27.5 Å². The molecule has 0 saturated carbocycles. The van der Waals surface area contributed by atoms with Gasteiger partial charge in [0.05, 0.1) is 18.0 Å². The van der Waals surface area contributed by atoms with Crippen LogP contribution in [0.1, 0.15) is 26.9 Å². The highest BCUT2D eigenvalue weighted by molar-refractivity contribution is 9.09. The molecule has 0 aliphatic heterocycles. The first-order valence-electron chi connectivity index (χ1n) is 4.95. The summed E-state index contributed by atoms with van der Waals surface area (Å²) in [5.41, 5.74) is 0. The minimum Gasteiger partial charge on any atom is -0.461 e. The standard InChI is InChI=1S/C12H9BrO4/c13-7-10(15)12-4-3-8(17-12)6-9(14)11-2-1-5-16-11/h1-5H,6-7H2. The van der Waals surface area contributed by atoms with E-state index in [1.807, 2.05) is 0 Å². The van der Waals surface area contributed by atoms with Crippen LogP contribution in [0.2, 0.25) is 0 Å². The lowest BCUT2D eigenvalue weighted by Gasteiger charge is -1.94. The van der Waals surface area contributed by atoms with E-state index in [4.69, 9.17) is 8.83 Å². The molecule has 17 heavy (non-hydrogen) atoms. The number of alkyl halides is 1. The van der Waals surface area contributed by atoms with E-state index in [0.717, 1.165) is 0 Å². The molecule has 0 bridgehead atoms. The van der Waals surface area contributed by atoms with Crippen LogP contribution in [0.3, 0.4) is 0 Å². The number of Topliss-reactive ketones (excluding diaryl/α,β-unsaturated/α-hetero) is 2. The molecule has 88 valence electrons. The second-order valence-corrected chi connectivity index (χ2v) is 3.96. The molecule has 0 radical (unpaired) electrons. The lowest BCUT2D eigenvalue weighted by Crippen LogP contribution is -2.01. The quantitative estimate of drug-likeness (QED) is 0.629. The highest BCUT2D eigenvalue weighted by atomic mass is 79.9. The number of carbonyl (C=O) groups is 2. The Morgan fingerprint density at radius 1 is 1.12 bits per heavy atom. The summed E-state index contributed by atoms with van der Waals surface area (Å²) in [6.07, 6.45) is 1.53. The van der Waals surface area contributed by atoms with Gasteiger partial charge in [-0.1, -0.05) is 15.9 Å². The monoisotopic (exact) mass is 296 g/mol. The first kappa shape index (κ1) is 11.9. The second kappa shape index (κ2) is 5.14. The summed E-state index contributed by atoms with van der Waals surface area (Å²) in [5, 5.41) is 0.200. The maximum absolute atomic E-state index is 11.7. The average molecular weight is 297 g/mol. The van der Waals surface area contributed by atoms with Crippen molar-refractivity contribution in [2.45, 2.75) is 6.42 Å². The maximum Gasteiger partial charge on any atom is 0.208 e. The Morgan fingerprint density at radius 3 is 2.59 bits per heavy atom. The molecule has 0 atom stereocenters. The van der Waals surface area contributed by atoms with E-state index in [9.17, 15) is 9.59 Å². The number of rotatable bonds is 5. The Hall–Kier alpha value is -1.62. The van der Waals surface area contributed by atoms with Gasteiger partial charge < -0.3 is 8.83 Å². The van der Waals surface area contributed by atoms with Gasteiger partial charge >= 0.3 is 0 Å². The summed E-state index contributed by atoms with van der Waals surface area (Å²) in [4.78, 5) is 23.0. The van der Waals surface area contributed by atoms with Crippen LogP contribution in [0.4, 0.5) is 0 Å². The molecule has 2 rings (SSSR count). The molecule has 2 aromatic heterocycles. The molecule has 4 nitrogen and oxygen atoms in total. The lowest BCUT2D eigenvalue weighted by atomic mass is 10.2. The van der Waals surface area contributed by atoms with Gasteiger partial charge in [-0.25, -0.2) is 0 Å². The van der Waals surface area contributed by atoms with Crippen LogP contribution in [0, 0.1) is 0 Å². The van der Waals surface area contributed by atoms with Crippen molar-refractivity contribution in [2.75, 3.05) is 5.33 Å². The van der Waals surface area contributed by atoms with Crippen molar-refractivity contribution in [1.29, 1.82) is 0 Å². The molecule has 0 aliphatic rings. The SMILES string of the molecule is O=C(Cc1ccc(C(=O)CBr)o1)c1ccco1. The topological polar surface area (TPSA) is 60.4 Å². The normalized spacial score (nSPS) is 10.4. The zero-order valence-corrected chi connectivity index (χ0v) is 10.4. The van der Waals surface area contributed by atoms with Gasteiger partial charge in [0, 0.05) is 0 Å². The second-order valence-electron chi connectivity index (χ2n) is 3.40. The number of hydrogen-bond acceptors (Lipinski definition) is 4. The molecule has 0 N–H and O–H groups in total. The van der Waals surface area contributed by atoms with Crippen LogP contribution in [0.15, 0.2) is 39.4 Å². The summed E-state index contributed by atoms with van der Waals surface area (Å²) in [7, 11) is 0. The summed E-state index contributed by atoms with van der Waals surface area (Å²) in [6, 6.07) is 6.43. The molecular weight excluding hydrogens is 288 g/mol. The molecule has 0 spiro atoms. The van der Waals surface area contributed by atoms with E-state index in [0.29, 0.717) is 5.76 Å². The number of carbonyl (C=O) groups excluding carboxylic acids is 2. The Kier molecular flexibility index (Phi) is 3.58. The van der Waals surface area contributed by atoms with E-state index in [1.165, 1.54) is 6.26 Å². The largest absolute Gasteiger partial charge is 0.461 e. The number of hydrogen-bond donors (Lipinski definition) is 0. The molecule has 0 unspecified atom stereocenters. The first-order valence-corrected chi connectivity index (χ1v) is 6.07. The van der Waals surface area contributed by atoms with Gasteiger partial charge in [0.25, 0.3) is 0 Å². The predicted octanol–water partition coefficient (Wildman–Crippen LogP) is 2.88. The smallest absolute Gasteiger partial charge is 0.208 e. The third-order valence-electron chi connectivity index (χ3n) is 2.19. The van der Waals surface area contributed by atoms with Crippen LogP contribution in [-0.4, -0.2) is 16.9 Å². The highest BCUT2D eigenvalue weighted by Gasteiger charge is 2.14. The van der Waals surface area contributed by atoms with Crippen LogP contribution in [0.25, 0.3) is 0 Å². The van der Waals surface area contributed by atoms with Crippen molar-refractivity contribution in [3.05, 3.63) is 47.8 Å². The fourth-order valence-corrected chi connectivity index (χ4v) is 1.65. The van der Waals surface area contributed by atoms with Gasteiger partial charge in [-0.05, 0) is 24.3 Å². The van der Waals surface area contributed by atoms with Crippen LogP contribution < -0.4 is 0 Å². The third-order valence-corrected chi connectivity index (χ3v) is 2.70. The van der Waals surface area contributed by atoms with E-state index < -0.39 is 0 Å². The first-order chi connectivity index (χ1) is 8.20. The van der Waals surface area contributed by atoms with Gasteiger partial charge in [0.1, 0.15) is 5.76 Å². The van der Waals surface area contributed by atoms with Gasteiger partial charge in [-0.15, -0.1) is 0 Å². The highest BCUT2D eigenvalue weighted by Crippen LogP contribution is 2.13. The summed E-state index contributed by atoms with van der Waals surface area (Å²) >= 11 is 3.05. The Bertz CT molecular complexity index is 524. The zero-order valence-electron chi connectivity index (χ0n) is 8.81. The van der Waals surface area contributed by atoms with E-state index in [-0.39, 0.29) is 34.8 Å². The van der Waals surface area contributed by atoms with Crippen LogP contribution in [-0.2, 0) is 6.42 Å².